The van der Waals surface area contributed by atoms with E-state index in [9.17, 15) is 0 Å². The highest BCUT2D eigenvalue weighted by atomic mass is 35.5. The molecule has 0 aliphatic heterocycles. The van der Waals surface area contributed by atoms with Crippen molar-refractivity contribution in [2.24, 2.45) is 7.05 Å². The van der Waals surface area contributed by atoms with Gasteiger partial charge in [-0.3, -0.25) is 4.68 Å². The molecule has 0 radical (unpaired) electrons. The minimum absolute atomic E-state index is 0.719. The van der Waals surface area contributed by atoms with Gasteiger partial charge in [0.15, 0.2) is 0 Å². The summed E-state index contributed by atoms with van der Waals surface area (Å²) in [4.78, 5) is 0. The van der Waals surface area contributed by atoms with Crippen LogP contribution < -0.4 is 5.32 Å². The lowest BCUT2D eigenvalue weighted by Crippen LogP contribution is -2.10. The van der Waals surface area contributed by atoms with Crippen LogP contribution in [0.1, 0.15) is 5.56 Å². The highest BCUT2D eigenvalue weighted by Crippen LogP contribution is 2.26. The summed E-state index contributed by atoms with van der Waals surface area (Å²) >= 11 is 6.21. The number of aryl methyl sites for hydroxylation is 1. The Labute approximate surface area is 94.0 Å². The largest absolute Gasteiger partial charge is 0.319 e. The van der Waals surface area contributed by atoms with Crippen molar-refractivity contribution in [1.82, 2.24) is 15.1 Å². The van der Waals surface area contributed by atoms with Crippen molar-refractivity contribution in [3.8, 4) is 0 Å². The van der Waals surface area contributed by atoms with Gasteiger partial charge in [0.25, 0.3) is 0 Å². The molecule has 1 N–H and O–H groups in total. The zero-order valence-electron chi connectivity index (χ0n) is 8.92. The van der Waals surface area contributed by atoms with E-state index in [1.807, 2.05) is 26.2 Å². The zero-order valence-corrected chi connectivity index (χ0v) is 9.67. The van der Waals surface area contributed by atoms with Crippen LogP contribution in [0.5, 0.6) is 0 Å². The summed E-state index contributed by atoms with van der Waals surface area (Å²) in [6.07, 6.45) is 0.971. The number of nitrogens with one attached hydrogen (secondary N) is 1. The number of nitrogens with zero attached hydrogens (tertiary/aromatic N) is 2. The molecule has 2 rings (SSSR count). The van der Waals surface area contributed by atoms with Crippen LogP contribution in [0.2, 0.25) is 5.15 Å². The molecule has 0 atom stereocenters. The molecule has 80 valence electrons. The molecule has 2 aromatic rings. The van der Waals surface area contributed by atoms with E-state index in [0.717, 1.165) is 29.0 Å². The molecule has 1 aromatic carbocycles. The Morgan fingerprint density at radius 1 is 1.47 bits per heavy atom. The zero-order chi connectivity index (χ0) is 10.8. The highest BCUT2D eigenvalue weighted by molar-refractivity contribution is 6.34. The number of likely N-dealkylation sites (N-methyl/N-ethyl adjacent to an activating group) is 1. The SMILES string of the molecule is CNCCc1cccc2nn(C)c(Cl)c12. The van der Waals surface area contributed by atoms with Gasteiger partial charge in [-0.15, -0.1) is 0 Å². The third-order valence-electron chi connectivity index (χ3n) is 2.52. The van der Waals surface area contributed by atoms with E-state index < -0.39 is 0 Å². The molecular weight excluding hydrogens is 210 g/mol. The van der Waals surface area contributed by atoms with Gasteiger partial charge in [0.2, 0.25) is 0 Å². The highest BCUT2D eigenvalue weighted by Gasteiger charge is 2.09. The fourth-order valence-corrected chi connectivity index (χ4v) is 2.00. The Hall–Kier alpha value is -1.06. The summed E-state index contributed by atoms with van der Waals surface area (Å²) in [6, 6.07) is 6.12. The van der Waals surface area contributed by atoms with Gasteiger partial charge in [0.05, 0.1) is 5.52 Å². The van der Waals surface area contributed by atoms with Crippen molar-refractivity contribution in [3.63, 3.8) is 0 Å². The van der Waals surface area contributed by atoms with E-state index in [4.69, 9.17) is 11.6 Å². The van der Waals surface area contributed by atoms with Gasteiger partial charge in [-0.1, -0.05) is 23.7 Å². The number of benzene rings is 1. The Morgan fingerprint density at radius 3 is 3.00 bits per heavy atom. The molecule has 3 nitrogen and oxygen atoms in total. The monoisotopic (exact) mass is 223 g/mol. The van der Waals surface area contributed by atoms with Crippen LogP contribution in [-0.2, 0) is 13.5 Å². The number of aromatic nitrogens is 2. The third kappa shape index (κ3) is 1.85. The van der Waals surface area contributed by atoms with Crippen molar-refractivity contribution < 1.29 is 0 Å². The summed E-state index contributed by atoms with van der Waals surface area (Å²) in [7, 11) is 3.81. The minimum atomic E-state index is 0.719. The molecule has 0 spiro atoms. The van der Waals surface area contributed by atoms with Gasteiger partial charge in [-0.2, -0.15) is 5.10 Å². The molecule has 0 bridgehead atoms. The average Bonchev–Trinajstić information content (AvgIpc) is 2.53. The van der Waals surface area contributed by atoms with Crippen molar-refractivity contribution in [2.75, 3.05) is 13.6 Å². The molecule has 0 aliphatic rings. The van der Waals surface area contributed by atoms with Crippen molar-refractivity contribution >= 4 is 22.5 Å². The van der Waals surface area contributed by atoms with Gasteiger partial charge < -0.3 is 5.32 Å². The Kier molecular flexibility index (Phi) is 2.93. The molecule has 0 unspecified atom stereocenters. The van der Waals surface area contributed by atoms with E-state index in [2.05, 4.69) is 16.5 Å². The lowest BCUT2D eigenvalue weighted by Gasteiger charge is -2.02. The van der Waals surface area contributed by atoms with Gasteiger partial charge in [0.1, 0.15) is 5.15 Å². The van der Waals surface area contributed by atoms with Crippen molar-refractivity contribution in [3.05, 3.63) is 28.9 Å². The molecule has 1 aromatic heterocycles. The van der Waals surface area contributed by atoms with Crippen LogP contribution >= 0.6 is 11.6 Å². The predicted molar refractivity (Wildman–Crippen MR) is 63.4 cm³/mol. The molecular formula is C11H14ClN3. The maximum Gasteiger partial charge on any atom is 0.134 e. The second-order valence-electron chi connectivity index (χ2n) is 3.58. The maximum absolute atomic E-state index is 6.21. The van der Waals surface area contributed by atoms with Crippen LogP contribution in [0, 0.1) is 0 Å². The summed E-state index contributed by atoms with van der Waals surface area (Å²) in [6.45, 7) is 0.949. The number of hydrogen-bond donors (Lipinski definition) is 1. The fourth-order valence-electron chi connectivity index (χ4n) is 1.74. The first kappa shape index (κ1) is 10.5. The smallest absolute Gasteiger partial charge is 0.134 e. The average molecular weight is 224 g/mol. The van der Waals surface area contributed by atoms with E-state index in [-0.39, 0.29) is 0 Å². The lowest BCUT2D eigenvalue weighted by molar-refractivity contribution is 0.779. The van der Waals surface area contributed by atoms with Crippen LogP contribution in [0.4, 0.5) is 0 Å². The Morgan fingerprint density at radius 2 is 2.27 bits per heavy atom. The summed E-state index contributed by atoms with van der Waals surface area (Å²) in [5.41, 5.74) is 2.22. The molecule has 0 fully saturated rings. The van der Waals surface area contributed by atoms with Crippen LogP contribution in [-0.4, -0.2) is 23.4 Å². The molecule has 0 amide bonds. The van der Waals surface area contributed by atoms with Gasteiger partial charge in [-0.25, -0.2) is 0 Å². The van der Waals surface area contributed by atoms with E-state index in [1.54, 1.807) is 4.68 Å². The minimum Gasteiger partial charge on any atom is -0.319 e. The van der Waals surface area contributed by atoms with Gasteiger partial charge in [0, 0.05) is 12.4 Å². The first-order valence-corrected chi connectivity index (χ1v) is 5.36. The summed E-state index contributed by atoms with van der Waals surface area (Å²) in [5.74, 6) is 0. The van der Waals surface area contributed by atoms with E-state index >= 15 is 0 Å². The number of hydrogen-bond acceptors (Lipinski definition) is 2. The van der Waals surface area contributed by atoms with Gasteiger partial charge in [-0.05, 0) is 31.6 Å². The first-order chi connectivity index (χ1) is 7.24. The van der Waals surface area contributed by atoms with E-state index in [0.29, 0.717) is 0 Å². The Bertz CT molecular complexity index is 476. The molecule has 0 saturated carbocycles. The molecule has 0 aliphatic carbocycles. The summed E-state index contributed by atoms with van der Waals surface area (Å²) < 4.78 is 1.72. The normalized spacial score (nSPS) is 11.1. The second kappa shape index (κ2) is 4.21. The molecule has 15 heavy (non-hydrogen) atoms. The molecule has 1 heterocycles. The van der Waals surface area contributed by atoms with Crippen LogP contribution in [0.25, 0.3) is 10.9 Å². The maximum atomic E-state index is 6.21. The first-order valence-electron chi connectivity index (χ1n) is 4.98. The number of fused-ring (bicyclic) bond motifs is 1. The van der Waals surface area contributed by atoms with Crippen molar-refractivity contribution in [2.45, 2.75) is 6.42 Å². The summed E-state index contributed by atoms with van der Waals surface area (Å²) in [5, 5.41) is 9.28. The predicted octanol–water partition coefficient (Wildman–Crippen LogP) is 1.99. The number of halogens is 1. The quantitative estimate of drug-likeness (QED) is 0.863. The van der Waals surface area contributed by atoms with Gasteiger partial charge >= 0.3 is 0 Å². The molecule has 0 saturated heterocycles. The lowest BCUT2D eigenvalue weighted by atomic mass is 10.1. The van der Waals surface area contributed by atoms with Crippen LogP contribution in [0.15, 0.2) is 18.2 Å². The second-order valence-corrected chi connectivity index (χ2v) is 3.94. The Balaban J connectivity index is 2.53. The fraction of sp³-hybridized carbons (Fsp3) is 0.364. The standard InChI is InChI=1S/C11H14ClN3/c1-13-7-6-8-4-3-5-9-10(8)11(12)15(2)14-9/h3-5,13H,6-7H2,1-2H3. The number of rotatable bonds is 3. The van der Waals surface area contributed by atoms with Crippen molar-refractivity contribution in [1.29, 1.82) is 0 Å². The molecule has 4 heteroatoms. The van der Waals surface area contributed by atoms with E-state index in [1.165, 1.54) is 5.56 Å². The van der Waals surface area contributed by atoms with Crippen LogP contribution in [0.3, 0.4) is 0 Å². The third-order valence-corrected chi connectivity index (χ3v) is 2.95. The topological polar surface area (TPSA) is 29.9 Å².